The van der Waals surface area contributed by atoms with Crippen molar-refractivity contribution < 1.29 is 4.79 Å². The number of amides is 1. The third-order valence-corrected chi connectivity index (χ3v) is 3.50. The number of fused-ring (bicyclic) bond motifs is 1. The summed E-state index contributed by atoms with van der Waals surface area (Å²) < 4.78 is 2.21. The predicted octanol–water partition coefficient (Wildman–Crippen LogP) is 2.79. The average Bonchev–Trinajstić information content (AvgIpc) is 2.94. The predicted molar refractivity (Wildman–Crippen MR) is 69.2 cm³/mol. The molecular weight excluding hydrogens is 212 g/mol. The van der Waals surface area contributed by atoms with E-state index in [1.54, 1.807) is 0 Å². The van der Waals surface area contributed by atoms with Gasteiger partial charge < -0.3 is 9.47 Å². The molecular formula is C14H16N2O. The standard InChI is InChI=1S/C14H16N2O/c1-2-15-10-8-11-12(15)5-3-6-13(11)16-9-4-7-14(16)17/h3,5-6,8,10H,2,4,7,9H2,1H3. The van der Waals surface area contributed by atoms with Crippen LogP contribution in [0.3, 0.4) is 0 Å². The Morgan fingerprint density at radius 3 is 2.88 bits per heavy atom. The fourth-order valence-electron chi connectivity index (χ4n) is 2.62. The lowest BCUT2D eigenvalue weighted by Gasteiger charge is -2.17. The Balaban J connectivity index is 2.16. The SMILES string of the molecule is CCn1ccc2c(N3CCCC3=O)cccc21. The molecule has 3 heteroatoms. The van der Waals surface area contributed by atoms with Gasteiger partial charge in [0.1, 0.15) is 0 Å². The van der Waals surface area contributed by atoms with Crippen LogP contribution in [-0.2, 0) is 11.3 Å². The van der Waals surface area contributed by atoms with E-state index in [-0.39, 0.29) is 5.91 Å². The number of anilines is 1. The molecule has 0 radical (unpaired) electrons. The van der Waals surface area contributed by atoms with Crippen LogP contribution in [0.4, 0.5) is 5.69 Å². The molecule has 2 heterocycles. The zero-order valence-electron chi connectivity index (χ0n) is 10.0. The number of hydrogen-bond donors (Lipinski definition) is 0. The lowest BCUT2D eigenvalue weighted by Crippen LogP contribution is -2.23. The van der Waals surface area contributed by atoms with Gasteiger partial charge in [0, 0.05) is 31.1 Å². The van der Waals surface area contributed by atoms with E-state index >= 15 is 0 Å². The maximum atomic E-state index is 11.8. The van der Waals surface area contributed by atoms with E-state index in [9.17, 15) is 4.79 Å². The molecule has 0 saturated carbocycles. The lowest BCUT2D eigenvalue weighted by atomic mass is 10.2. The molecule has 0 aliphatic carbocycles. The van der Waals surface area contributed by atoms with Crippen LogP contribution in [0.15, 0.2) is 30.5 Å². The Labute approximate surface area is 101 Å². The number of rotatable bonds is 2. The van der Waals surface area contributed by atoms with Crippen LogP contribution in [-0.4, -0.2) is 17.0 Å². The van der Waals surface area contributed by atoms with Crippen LogP contribution < -0.4 is 4.90 Å². The Hall–Kier alpha value is -1.77. The number of carbonyl (C=O) groups is 1. The minimum atomic E-state index is 0.252. The van der Waals surface area contributed by atoms with Gasteiger partial charge in [-0.25, -0.2) is 0 Å². The summed E-state index contributed by atoms with van der Waals surface area (Å²) >= 11 is 0. The van der Waals surface area contributed by atoms with Gasteiger partial charge in [0.05, 0.1) is 11.2 Å². The van der Waals surface area contributed by atoms with Crippen LogP contribution >= 0.6 is 0 Å². The maximum absolute atomic E-state index is 11.8. The van der Waals surface area contributed by atoms with Crippen LogP contribution in [0.2, 0.25) is 0 Å². The van der Waals surface area contributed by atoms with Gasteiger partial charge in [0.15, 0.2) is 0 Å². The summed E-state index contributed by atoms with van der Waals surface area (Å²) in [6, 6.07) is 8.31. The van der Waals surface area contributed by atoms with Crippen molar-refractivity contribution in [3.8, 4) is 0 Å². The molecule has 0 atom stereocenters. The summed E-state index contributed by atoms with van der Waals surface area (Å²) in [7, 11) is 0. The molecule has 1 amide bonds. The van der Waals surface area contributed by atoms with Crippen molar-refractivity contribution >= 4 is 22.5 Å². The molecule has 1 aromatic heterocycles. The van der Waals surface area contributed by atoms with E-state index in [1.165, 1.54) is 10.9 Å². The third kappa shape index (κ3) is 1.54. The molecule has 0 bridgehead atoms. The Kier molecular flexibility index (Phi) is 2.39. The molecule has 3 rings (SSSR count). The van der Waals surface area contributed by atoms with Crippen LogP contribution in [0.25, 0.3) is 10.9 Å². The smallest absolute Gasteiger partial charge is 0.227 e. The fraction of sp³-hybridized carbons (Fsp3) is 0.357. The Morgan fingerprint density at radius 2 is 2.18 bits per heavy atom. The van der Waals surface area contributed by atoms with Gasteiger partial charge in [-0.05, 0) is 31.5 Å². The van der Waals surface area contributed by atoms with E-state index in [4.69, 9.17) is 0 Å². The molecule has 1 saturated heterocycles. The summed E-state index contributed by atoms with van der Waals surface area (Å²) in [6.45, 7) is 3.95. The number of aryl methyl sites for hydroxylation is 1. The highest BCUT2D eigenvalue weighted by Crippen LogP contribution is 2.30. The molecule has 1 aliphatic rings. The highest BCUT2D eigenvalue weighted by atomic mass is 16.2. The molecule has 2 aromatic rings. The zero-order valence-corrected chi connectivity index (χ0v) is 10.0. The van der Waals surface area contributed by atoms with Gasteiger partial charge in [-0.2, -0.15) is 0 Å². The van der Waals surface area contributed by atoms with Crippen molar-refractivity contribution in [2.45, 2.75) is 26.3 Å². The van der Waals surface area contributed by atoms with Crippen molar-refractivity contribution in [3.05, 3.63) is 30.5 Å². The van der Waals surface area contributed by atoms with Crippen molar-refractivity contribution in [1.29, 1.82) is 0 Å². The van der Waals surface area contributed by atoms with E-state index in [1.807, 2.05) is 17.0 Å². The second kappa shape index (κ2) is 3.91. The molecule has 3 nitrogen and oxygen atoms in total. The summed E-state index contributed by atoms with van der Waals surface area (Å²) in [6.07, 6.45) is 3.75. The van der Waals surface area contributed by atoms with E-state index < -0.39 is 0 Å². The van der Waals surface area contributed by atoms with Gasteiger partial charge in [-0.3, -0.25) is 4.79 Å². The van der Waals surface area contributed by atoms with Crippen molar-refractivity contribution in [1.82, 2.24) is 4.57 Å². The summed E-state index contributed by atoms with van der Waals surface area (Å²) in [4.78, 5) is 13.7. The first-order valence-electron chi connectivity index (χ1n) is 6.19. The fourth-order valence-corrected chi connectivity index (χ4v) is 2.62. The van der Waals surface area contributed by atoms with Gasteiger partial charge in [0.25, 0.3) is 0 Å². The monoisotopic (exact) mass is 228 g/mol. The number of carbonyl (C=O) groups excluding carboxylic acids is 1. The largest absolute Gasteiger partial charge is 0.348 e. The maximum Gasteiger partial charge on any atom is 0.227 e. The normalized spacial score (nSPS) is 16.1. The summed E-state index contributed by atoms with van der Waals surface area (Å²) in [5, 5.41) is 1.18. The Morgan fingerprint density at radius 1 is 1.29 bits per heavy atom. The number of benzene rings is 1. The molecule has 0 spiro atoms. The van der Waals surface area contributed by atoms with Crippen molar-refractivity contribution in [2.24, 2.45) is 0 Å². The molecule has 1 aliphatic heterocycles. The van der Waals surface area contributed by atoms with Crippen LogP contribution in [0.5, 0.6) is 0 Å². The van der Waals surface area contributed by atoms with Gasteiger partial charge in [0.2, 0.25) is 5.91 Å². The third-order valence-electron chi connectivity index (χ3n) is 3.50. The molecule has 1 fully saturated rings. The van der Waals surface area contributed by atoms with E-state index in [0.717, 1.165) is 25.2 Å². The minimum absolute atomic E-state index is 0.252. The molecule has 0 N–H and O–H groups in total. The van der Waals surface area contributed by atoms with Gasteiger partial charge in [-0.15, -0.1) is 0 Å². The average molecular weight is 228 g/mol. The van der Waals surface area contributed by atoms with Crippen molar-refractivity contribution in [3.63, 3.8) is 0 Å². The number of aromatic nitrogens is 1. The highest BCUT2D eigenvalue weighted by Gasteiger charge is 2.23. The molecule has 88 valence electrons. The lowest BCUT2D eigenvalue weighted by molar-refractivity contribution is -0.117. The van der Waals surface area contributed by atoms with Crippen LogP contribution in [0, 0.1) is 0 Å². The number of hydrogen-bond acceptors (Lipinski definition) is 1. The van der Waals surface area contributed by atoms with E-state index in [2.05, 4.69) is 29.8 Å². The first kappa shape index (κ1) is 10.4. The van der Waals surface area contributed by atoms with Crippen molar-refractivity contribution in [2.75, 3.05) is 11.4 Å². The van der Waals surface area contributed by atoms with Gasteiger partial charge >= 0.3 is 0 Å². The quantitative estimate of drug-likeness (QED) is 0.776. The minimum Gasteiger partial charge on any atom is -0.348 e. The first-order valence-corrected chi connectivity index (χ1v) is 6.19. The second-order valence-corrected chi connectivity index (χ2v) is 4.46. The summed E-state index contributed by atoms with van der Waals surface area (Å²) in [5.41, 5.74) is 2.28. The molecule has 1 aromatic carbocycles. The number of nitrogens with zero attached hydrogens (tertiary/aromatic N) is 2. The molecule has 0 unspecified atom stereocenters. The highest BCUT2D eigenvalue weighted by molar-refractivity contribution is 6.04. The first-order chi connectivity index (χ1) is 8.31. The summed E-state index contributed by atoms with van der Waals surface area (Å²) in [5.74, 6) is 0.252. The van der Waals surface area contributed by atoms with Gasteiger partial charge in [-0.1, -0.05) is 6.07 Å². The van der Waals surface area contributed by atoms with Crippen LogP contribution in [0.1, 0.15) is 19.8 Å². The zero-order chi connectivity index (χ0) is 11.8. The Bertz CT molecular complexity index is 571. The second-order valence-electron chi connectivity index (χ2n) is 4.46. The molecule has 17 heavy (non-hydrogen) atoms. The van der Waals surface area contributed by atoms with E-state index in [0.29, 0.717) is 6.42 Å². The topological polar surface area (TPSA) is 25.2 Å².